The summed E-state index contributed by atoms with van der Waals surface area (Å²) in [6, 6.07) is 6.39. The first-order chi connectivity index (χ1) is 10.8. The van der Waals surface area contributed by atoms with Crippen LogP contribution in [0.5, 0.6) is 0 Å². The summed E-state index contributed by atoms with van der Waals surface area (Å²) in [4.78, 5) is 0. The molecular formula is C19H24N4. The average molecular weight is 308 g/mol. The molecule has 2 aliphatic rings. The third kappa shape index (κ3) is 2.46. The van der Waals surface area contributed by atoms with Gasteiger partial charge in [0.1, 0.15) is 5.92 Å². The molecule has 4 heteroatoms. The largest absolute Gasteiger partial charge is 0.305 e. The van der Waals surface area contributed by atoms with Crippen LogP contribution in [0.3, 0.4) is 0 Å². The van der Waals surface area contributed by atoms with E-state index < -0.39 is 11.3 Å². The van der Waals surface area contributed by atoms with Crippen LogP contribution in [-0.4, -0.2) is 5.71 Å². The first kappa shape index (κ1) is 17.2. The number of nitriles is 3. The van der Waals surface area contributed by atoms with Crippen molar-refractivity contribution in [2.75, 3.05) is 0 Å². The molecule has 4 atom stereocenters. The van der Waals surface area contributed by atoms with Crippen molar-refractivity contribution in [2.24, 2.45) is 34.5 Å². The van der Waals surface area contributed by atoms with Gasteiger partial charge >= 0.3 is 0 Å². The molecule has 0 aromatic carbocycles. The lowest BCUT2D eigenvalue weighted by molar-refractivity contribution is 0.140. The Morgan fingerprint density at radius 2 is 1.87 bits per heavy atom. The Balaban J connectivity index is 2.58. The lowest BCUT2D eigenvalue weighted by atomic mass is 9.52. The topological polar surface area (TPSA) is 95.2 Å². The highest BCUT2D eigenvalue weighted by Gasteiger charge is 2.56. The molecule has 0 aromatic rings. The summed E-state index contributed by atoms with van der Waals surface area (Å²) in [6.45, 7) is 8.62. The predicted octanol–water partition coefficient (Wildman–Crippen LogP) is 4.22. The van der Waals surface area contributed by atoms with Gasteiger partial charge in [0.05, 0.1) is 23.9 Å². The van der Waals surface area contributed by atoms with E-state index in [0.29, 0.717) is 12.3 Å². The summed E-state index contributed by atoms with van der Waals surface area (Å²) in [5.41, 5.74) is -0.355. The second-order valence-corrected chi connectivity index (χ2v) is 7.87. The van der Waals surface area contributed by atoms with Crippen molar-refractivity contribution in [1.29, 1.82) is 21.2 Å². The quantitative estimate of drug-likeness (QED) is 0.734. The van der Waals surface area contributed by atoms with Crippen LogP contribution in [0.25, 0.3) is 0 Å². The predicted molar refractivity (Wildman–Crippen MR) is 88.0 cm³/mol. The van der Waals surface area contributed by atoms with E-state index in [1.54, 1.807) is 0 Å². The number of fused-ring (bicyclic) bond motifs is 1. The molecule has 0 aliphatic heterocycles. The number of hydrogen-bond acceptors (Lipinski definition) is 4. The van der Waals surface area contributed by atoms with E-state index in [4.69, 9.17) is 5.41 Å². The van der Waals surface area contributed by atoms with Crippen molar-refractivity contribution in [1.82, 2.24) is 0 Å². The van der Waals surface area contributed by atoms with Crippen LogP contribution in [-0.2, 0) is 0 Å². The molecular weight excluding hydrogens is 284 g/mol. The van der Waals surface area contributed by atoms with E-state index in [-0.39, 0.29) is 23.0 Å². The summed E-state index contributed by atoms with van der Waals surface area (Å²) in [5, 5.41) is 37.3. The second-order valence-electron chi connectivity index (χ2n) is 7.87. The van der Waals surface area contributed by atoms with Gasteiger partial charge in [0.25, 0.3) is 0 Å². The van der Waals surface area contributed by atoms with Crippen LogP contribution < -0.4 is 0 Å². The average Bonchev–Trinajstić information content (AvgIpc) is 2.52. The van der Waals surface area contributed by atoms with Gasteiger partial charge in [0.2, 0.25) is 0 Å². The third-order valence-electron chi connectivity index (χ3n) is 5.84. The molecule has 23 heavy (non-hydrogen) atoms. The maximum absolute atomic E-state index is 9.70. The van der Waals surface area contributed by atoms with Crippen molar-refractivity contribution >= 4 is 5.71 Å². The molecule has 0 radical (unpaired) electrons. The zero-order valence-corrected chi connectivity index (χ0v) is 14.3. The first-order valence-electron chi connectivity index (χ1n) is 8.27. The highest BCUT2D eigenvalue weighted by atomic mass is 14.6. The maximum Gasteiger partial charge on any atom is 0.185 e. The summed E-state index contributed by atoms with van der Waals surface area (Å²) in [7, 11) is 0. The van der Waals surface area contributed by atoms with Gasteiger partial charge < -0.3 is 5.41 Å². The standard InChI is InChI=1S/C19H24N4/c1-5-16-14-8-12(18(2,3)4)6-7-13(14)15(9-20)17(23)19(16,10-21)11-22/h7,12,14-16,23H,5-6,8H2,1-4H3/t12-,14-,15-,16-/m1/s1. The van der Waals surface area contributed by atoms with E-state index >= 15 is 0 Å². The number of rotatable bonds is 1. The lowest BCUT2D eigenvalue weighted by Gasteiger charge is -2.48. The van der Waals surface area contributed by atoms with Gasteiger partial charge in [0.15, 0.2) is 5.41 Å². The zero-order valence-electron chi connectivity index (χ0n) is 14.3. The SMILES string of the molecule is CC[C@@H]1[C@@H]2C[C@H](C(C)(C)C)CC=C2[C@@H](C#N)C(=N)C1(C#N)C#N. The van der Waals surface area contributed by atoms with Crippen molar-refractivity contribution < 1.29 is 0 Å². The first-order valence-corrected chi connectivity index (χ1v) is 8.27. The van der Waals surface area contributed by atoms with Crippen LogP contribution in [0.4, 0.5) is 0 Å². The van der Waals surface area contributed by atoms with Crippen molar-refractivity contribution in [2.45, 2.75) is 47.0 Å². The van der Waals surface area contributed by atoms with Crippen molar-refractivity contribution in [3.05, 3.63) is 11.6 Å². The molecule has 0 unspecified atom stereocenters. The minimum atomic E-state index is -1.46. The minimum Gasteiger partial charge on any atom is -0.305 e. The van der Waals surface area contributed by atoms with Gasteiger partial charge in [-0.1, -0.05) is 33.8 Å². The molecule has 0 aromatic heterocycles. The van der Waals surface area contributed by atoms with Crippen molar-refractivity contribution in [3.63, 3.8) is 0 Å². The fraction of sp³-hybridized carbons (Fsp3) is 0.684. The molecule has 0 saturated heterocycles. The van der Waals surface area contributed by atoms with Gasteiger partial charge in [-0.25, -0.2) is 0 Å². The van der Waals surface area contributed by atoms with Crippen LogP contribution in [0, 0.1) is 73.9 Å². The number of nitrogens with one attached hydrogen (secondary N) is 1. The van der Waals surface area contributed by atoms with Gasteiger partial charge in [-0.05, 0) is 42.1 Å². The van der Waals surface area contributed by atoms with E-state index in [2.05, 4.69) is 45.1 Å². The third-order valence-corrected chi connectivity index (χ3v) is 5.84. The number of hydrogen-bond donors (Lipinski definition) is 1. The Morgan fingerprint density at radius 3 is 2.30 bits per heavy atom. The Kier molecular flexibility index (Phi) is 4.37. The van der Waals surface area contributed by atoms with Gasteiger partial charge in [-0.3, -0.25) is 0 Å². The zero-order chi connectivity index (χ0) is 17.4. The van der Waals surface area contributed by atoms with Gasteiger partial charge in [-0.2, -0.15) is 15.8 Å². The minimum absolute atomic E-state index is 0.0199. The molecule has 4 nitrogen and oxygen atoms in total. The molecule has 1 fully saturated rings. The maximum atomic E-state index is 9.70. The Labute approximate surface area is 138 Å². The molecule has 0 heterocycles. The van der Waals surface area contributed by atoms with E-state index in [1.807, 2.05) is 6.92 Å². The Hall–Kier alpha value is -2.12. The molecule has 2 aliphatic carbocycles. The molecule has 2 rings (SSSR count). The van der Waals surface area contributed by atoms with Gasteiger partial charge in [0, 0.05) is 5.92 Å². The highest BCUT2D eigenvalue weighted by molar-refractivity contribution is 5.99. The monoisotopic (exact) mass is 308 g/mol. The summed E-state index contributed by atoms with van der Waals surface area (Å²) < 4.78 is 0. The molecule has 1 N–H and O–H groups in total. The summed E-state index contributed by atoms with van der Waals surface area (Å²) >= 11 is 0. The summed E-state index contributed by atoms with van der Waals surface area (Å²) in [5.74, 6) is -0.406. The molecule has 0 spiro atoms. The molecule has 0 amide bonds. The normalized spacial score (nSPS) is 32.7. The Morgan fingerprint density at radius 1 is 1.26 bits per heavy atom. The summed E-state index contributed by atoms with van der Waals surface area (Å²) in [6.07, 6.45) is 4.59. The van der Waals surface area contributed by atoms with Crippen LogP contribution in [0.1, 0.15) is 47.0 Å². The Bertz CT molecular complexity index is 645. The van der Waals surface area contributed by atoms with E-state index in [0.717, 1.165) is 18.4 Å². The van der Waals surface area contributed by atoms with Gasteiger partial charge in [-0.15, -0.1) is 0 Å². The lowest BCUT2D eigenvalue weighted by Crippen LogP contribution is -2.51. The van der Waals surface area contributed by atoms with E-state index in [1.165, 1.54) is 0 Å². The second kappa shape index (κ2) is 5.82. The number of allylic oxidation sites excluding steroid dienone is 2. The van der Waals surface area contributed by atoms with Crippen LogP contribution >= 0.6 is 0 Å². The smallest absolute Gasteiger partial charge is 0.185 e. The molecule has 120 valence electrons. The fourth-order valence-corrected chi connectivity index (χ4v) is 4.34. The molecule has 1 saturated carbocycles. The van der Waals surface area contributed by atoms with Crippen LogP contribution in [0.15, 0.2) is 11.6 Å². The van der Waals surface area contributed by atoms with E-state index in [9.17, 15) is 15.8 Å². The van der Waals surface area contributed by atoms with Crippen LogP contribution in [0.2, 0.25) is 0 Å². The fourth-order valence-electron chi connectivity index (χ4n) is 4.34. The highest BCUT2D eigenvalue weighted by Crippen LogP contribution is 2.54. The molecule has 0 bridgehead atoms. The van der Waals surface area contributed by atoms with Crippen molar-refractivity contribution in [3.8, 4) is 18.2 Å². The number of nitrogens with zero attached hydrogens (tertiary/aromatic N) is 3.